The second-order valence-corrected chi connectivity index (χ2v) is 9.33. The van der Waals surface area contributed by atoms with E-state index < -0.39 is 10.0 Å². The lowest BCUT2D eigenvalue weighted by Gasteiger charge is -2.14. The van der Waals surface area contributed by atoms with Crippen LogP contribution in [0.2, 0.25) is 0 Å². The van der Waals surface area contributed by atoms with E-state index in [0.717, 1.165) is 16.9 Å². The Morgan fingerprint density at radius 3 is 2.24 bits per heavy atom. The highest BCUT2D eigenvalue weighted by Crippen LogP contribution is 2.24. The molecule has 174 valence electrons. The van der Waals surface area contributed by atoms with Gasteiger partial charge >= 0.3 is 0 Å². The first-order valence-corrected chi connectivity index (χ1v) is 11.9. The molecule has 8 heteroatoms. The van der Waals surface area contributed by atoms with E-state index in [1.807, 2.05) is 26.0 Å². The molecular weight excluding hydrogens is 440 g/mol. The van der Waals surface area contributed by atoms with Gasteiger partial charge in [-0.2, -0.15) is 0 Å². The summed E-state index contributed by atoms with van der Waals surface area (Å²) in [6.45, 7) is 5.96. The van der Waals surface area contributed by atoms with Gasteiger partial charge in [-0.3, -0.25) is 9.52 Å². The Bertz CT molecular complexity index is 1240. The molecule has 0 radical (unpaired) electrons. The minimum atomic E-state index is -3.87. The third-order valence-electron chi connectivity index (χ3n) is 5.09. The third kappa shape index (κ3) is 6.26. The standard InChI is InChI=1S/C25H28N2O5S/c1-17-5-6-18(2)23(15-17)27-33(29,30)24-16-20(8-7-19(24)3)25(28)26-13-14-32-22-11-9-21(31-4)10-12-22/h5-12,15-16,27H,13-14H2,1-4H3,(H,26,28). The van der Waals surface area contributed by atoms with Crippen LogP contribution in [0.4, 0.5) is 5.69 Å². The molecule has 3 aromatic rings. The predicted octanol–water partition coefficient (Wildman–Crippen LogP) is 4.23. The molecule has 0 aliphatic heterocycles. The number of rotatable bonds is 9. The van der Waals surface area contributed by atoms with Crippen molar-refractivity contribution in [2.45, 2.75) is 25.7 Å². The monoisotopic (exact) mass is 468 g/mol. The molecule has 0 aromatic heterocycles. The highest BCUT2D eigenvalue weighted by molar-refractivity contribution is 7.92. The van der Waals surface area contributed by atoms with E-state index in [1.54, 1.807) is 56.5 Å². The maximum Gasteiger partial charge on any atom is 0.262 e. The number of carbonyl (C=O) groups excluding carboxylic acids is 1. The number of hydrogen-bond acceptors (Lipinski definition) is 5. The summed E-state index contributed by atoms with van der Waals surface area (Å²) >= 11 is 0. The molecule has 0 saturated heterocycles. The summed E-state index contributed by atoms with van der Waals surface area (Å²) in [6, 6.07) is 17.3. The Morgan fingerprint density at radius 2 is 1.55 bits per heavy atom. The molecule has 0 bridgehead atoms. The molecule has 2 N–H and O–H groups in total. The molecule has 0 heterocycles. The molecule has 7 nitrogen and oxygen atoms in total. The number of aryl methyl sites for hydroxylation is 3. The van der Waals surface area contributed by atoms with E-state index in [9.17, 15) is 13.2 Å². The second-order valence-electron chi connectivity index (χ2n) is 7.68. The van der Waals surface area contributed by atoms with Crippen LogP contribution in [0.25, 0.3) is 0 Å². The highest BCUT2D eigenvalue weighted by atomic mass is 32.2. The molecule has 0 saturated carbocycles. The van der Waals surface area contributed by atoms with Crippen molar-refractivity contribution in [3.63, 3.8) is 0 Å². The summed E-state index contributed by atoms with van der Waals surface area (Å²) in [4.78, 5) is 12.6. The number of hydrogen-bond donors (Lipinski definition) is 2. The number of ether oxygens (including phenoxy) is 2. The molecule has 0 atom stereocenters. The van der Waals surface area contributed by atoms with Gasteiger partial charge in [0.1, 0.15) is 18.1 Å². The second kappa shape index (κ2) is 10.4. The van der Waals surface area contributed by atoms with E-state index in [4.69, 9.17) is 9.47 Å². The normalized spacial score (nSPS) is 11.0. The number of anilines is 1. The van der Waals surface area contributed by atoms with Crippen molar-refractivity contribution in [3.05, 3.63) is 82.9 Å². The molecule has 0 unspecified atom stereocenters. The third-order valence-corrected chi connectivity index (χ3v) is 6.60. The maximum atomic E-state index is 13.1. The molecule has 33 heavy (non-hydrogen) atoms. The number of nitrogens with one attached hydrogen (secondary N) is 2. The van der Waals surface area contributed by atoms with Gasteiger partial charge in [0.25, 0.3) is 15.9 Å². The van der Waals surface area contributed by atoms with E-state index in [1.165, 1.54) is 6.07 Å². The van der Waals surface area contributed by atoms with E-state index >= 15 is 0 Å². The fourth-order valence-corrected chi connectivity index (χ4v) is 4.58. The van der Waals surface area contributed by atoms with Gasteiger partial charge in [0.2, 0.25) is 0 Å². The Balaban J connectivity index is 1.65. The maximum absolute atomic E-state index is 13.1. The number of amides is 1. The van der Waals surface area contributed by atoms with Crippen molar-refractivity contribution >= 4 is 21.6 Å². The molecule has 0 spiro atoms. The SMILES string of the molecule is COc1ccc(OCCNC(=O)c2ccc(C)c(S(=O)(=O)Nc3cc(C)ccc3C)c2)cc1. The average molecular weight is 469 g/mol. The minimum absolute atomic E-state index is 0.0607. The minimum Gasteiger partial charge on any atom is -0.497 e. The van der Waals surface area contributed by atoms with Crippen LogP contribution < -0.4 is 19.5 Å². The Hall–Kier alpha value is -3.52. The molecule has 0 aliphatic rings. The summed E-state index contributed by atoms with van der Waals surface area (Å²) in [5, 5.41) is 2.75. The summed E-state index contributed by atoms with van der Waals surface area (Å²) in [7, 11) is -2.28. The van der Waals surface area contributed by atoms with Gasteiger partial charge in [0, 0.05) is 5.56 Å². The van der Waals surface area contributed by atoms with Gasteiger partial charge in [-0.1, -0.05) is 18.2 Å². The van der Waals surface area contributed by atoms with Gasteiger partial charge in [0.15, 0.2) is 0 Å². The van der Waals surface area contributed by atoms with Crippen molar-refractivity contribution in [1.82, 2.24) is 5.32 Å². The summed E-state index contributed by atoms with van der Waals surface area (Å²) in [6.07, 6.45) is 0. The van der Waals surface area contributed by atoms with Crippen LogP contribution in [-0.2, 0) is 10.0 Å². The average Bonchev–Trinajstić information content (AvgIpc) is 2.79. The van der Waals surface area contributed by atoms with Crippen molar-refractivity contribution in [2.24, 2.45) is 0 Å². The van der Waals surface area contributed by atoms with Crippen LogP contribution in [0.15, 0.2) is 65.6 Å². The fraction of sp³-hybridized carbons (Fsp3) is 0.240. The zero-order chi connectivity index (χ0) is 24.0. The number of methoxy groups -OCH3 is 1. The molecule has 3 rings (SSSR count). The summed E-state index contributed by atoms with van der Waals surface area (Å²) < 4.78 is 39.4. The highest BCUT2D eigenvalue weighted by Gasteiger charge is 2.20. The first kappa shape index (κ1) is 24.1. The molecular formula is C25H28N2O5S. The number of sulfonamides is 1. The quantitative estimate of drug-likeness (QED) is 0.459. The van der Waals surface area contributed by atoms with E-state index in [-0.39, 0.29) is 29.5 Å². The first-order valence-electron chi connectivity index (χ1n) is 10.5. The van der Waals surface area contributed by atoms with E-state index in [2.05, 4.69) is 10.0 Å². The number of benzene rings is 3. The Kier molecular flexibility index (Phi) is 7.60. The van der Waals surface area contributed by atoms with Crippen LogP contribution in [0.1, 0.15) is 27.0 Å². The van der Waals surface area contributed by atoms with Gasteiger partial charge in [-0.25, -0.2) is 8.42 Å². The molecule has 0 fully saturated rings. The molecule has 1 amide bonds. The topological polar surface area (TPSA) is 93.7 Å². The van der Waals surface area contributed by atoms with E-state index in [0.29, 0.717) is 17.0 Å². The smallest absolute Gasteiger partial charge is 0.262 e. The van der Waals surface area contributed by atoms with Crippen LogP contribution in [0.5, 0.6) is 11.5 Å². The lowest BCUT2D eigenvalue weighted by atomic mass is 10.1. The van der Waals surface area contributed by atoms with Crippen molar-refractivity contribution < 1.29 is 22.7 Å². The van der Waals surface area contributed by atoms with Crippen LogP contribution in [0.3, 0.4) is 0 Å². The lowest BCUT2D eigenvalue weighted by Crippen LogP contribution is -2.28. The predicted molar refractivity (Wildman–Crippen MR) is 129 cm³/mol. The van der Waals surface area contributed by atoms with Crippen molar-refractivity contribution in [3.8, 4) is 11.5 Å². The van der Waals surface area contributed by atoms with Crippen LogP contribution in [-0.4, -0.2) is 34.6 Å². The molecule has 3 aromatic carbocycles. The first-order chi connectivity index (χ1) is 15.7. The Morgan fingerprint density at radius 1 is 0.879 bits per heavy atom. The van der Waals surface area contributed by atoms with Crippen LogP contribution >= 0.6 is 0 Å². The van der Waals surface area contributed by atoms with Gasteiger partial charge in [0.05, 0.1) is 24.2 Å². The van der Waals surface area contributed by atoms with Crippen molar-refractivity contribution in [2.75, 3.05) is 25.0 Å². The van der Waals surface area contributed by atoms with Crippen LogP contribution in [0, 0.1) is 20.8 Å². The zero-order valence-corrected chi connectivity index (χ0v) is 20.0. The zero-order valence-electron chi connectivity index (χ0n) is 19.1. The van der Waals surface area contributed by atoms with Gasteiger partial charge < -0.3 is 14.8 Å². The van der Waals surface area contributed by atoms with Crippen molar-refractivity contribution in [1.29, 1.82) is 0 Å². The fourth-order valence-electron chi connectivity index (χ4n) is 3.18. The van der Waals surface area contributed by atoms with Gasteiger partial charge in [-0.05, 0) is 79.9 Å². The van der Waals surface area contributed by atoms with Gasteiger partial charge in [-0.15, -0.1) is 0 Å². The molecule has 0 aliphatic carbocycles. The lowest BCUT2D eigenvalue weighted by molar-refractivity contribution is 0.0946. The summed E-state index contributed by atoms with van der Waals surface area (Å²) in [5.41, 5.74) is 3.08. The summed E-state index contributed by atoms with van der Waals surface area (Å²) in [5.74, 6) is 1.01. The number of carbonyl (C=O) groups is 1. The largest absolute Gasteiger partial charge is 0.497 e. The Labute approximate surface area is 194 Å².